The summed E-state index contributed by atoms with van der Waals surface area (Å²) in [5.41, 5.74) is 8.76. The third-order valence-corrected chi connectivity index (χ3v) is 3.90. The number of hydrogen-bond acceptors (Lipinski definition) is 2. The fraction of sp³-hybridized carbons (Fsp3) is 0.600. The van der Waals surface area contributed by atoms with Crippen molar-refractivity contribution in [3.8, 4) is 0 Å². The van der Waals surface area contributed by atoms with E-state index in [4.69, 9.17) is 5.73 Å². The molecule has 2 heteroatoms. The Morgan fingerprint density at radius 3 is 2.59 bits per heavy atom. The molecule has 1 saturated heterocycles. The minimum absolute atomic E-state index is 0.473. The standard InChI is InChI=1S/C15H24N2/c1-2-12-6-8-13(9-7-12)14(11-16)15-5-3-4-10-17-15/h6-9,14-15,17H,2-5,10-11,16H2,1H3. The van der Waals surface area contributed by atoms with Gasteiger partial charge in [0, 0.05) is 18.5 Å². The maximum Gasteiger partial charge on any atom is 0.0148 e. The monoisotopic (exact) mass is 232 g/mol. The summed E-state index contributed by atoms with van der Waals surface area (Å²) in [6, 6.07) is 9.56. The molecule has 0 amide bonds. The van der Waals surface area contributed by atoms with Gasteiger partial charge in [0.15, 0.2) is 0 Å². The van der Waals surface area contributed by atoms with E-state index < -0.39 is 0 Å². The Bertz CT molecular complexity index is 325. The number of aryl methyl sites for hydroxylation is 1. The van der Waals surface area contributed by atoms with Crippen LogP contribution < -0.4 is 11.1 Å². The molecule has 0 saturated carbocycles. The van der Waals surface area contributed by atoms with Crippen molar-refractivity contribution >= 4 is 0 Å². The van der Waals surface area contributed by atoms with Gasteiger partial charge in [0.2, 0.25) is 0 Å². The lowest BCUT2D eigenvalue weighted by molar-refractivity contribution is 0.352. The molecule has 0 spiro atoms. The van der Waals surface area contributed by atoms with Crippen molar-refractivity contribution < 1.29 is 0 Å². The lowest BCUT2D eigenvalue weighted by Crippen LogP contribution is -2.41. The first kappa shape index (κ1) is 12.6. The van der Waals surface area contributed by atoms with E-state index in [1.807, 2.05) is 0 Å². The van der Waals surface area contributed by atoms with Gasteiger partial charge in [0.1, 0.15) is 0 Å². The van der Waals surface area contributed by atoms with Crippen molar-refractivity contribution in [2.75, 3.05) is 13.1 Å². The predicted octanol–water partition coefficient (Wildman–Crippen LogP) is 2.43. The zero-order valence-electron chi connectivity index (χ0n) is 10.8. The van der Waals surface area contributed by atoms with Gasteiger partial charge in [0.05, 0.1) is 0 Å². The number of nitrogens with two attached hydrogens (primary N) is 1. The highest BCUT2D eigenvalue weighted by Gasteiger charge is 2.23. The zero-order chi connectivity index (χ0) is 12.1. The average molecular weight is 232 g/mol. The van der Waals surface area contributed by atoms with Crippen LogP contribution in [0, 0.1) is 0 Å². The first-order chi connectivity index (χ1) is 8.35. The Morgan fingerprint density at radius 1 is 1.29 bits per heavy atom. The van der Waals surface area contributed by atoms with E-state index in [-0.39, 0.29) is 0 Å². The van der Waals surface area contributed by atoms with Crippen LogP contribution in [0.1, 0.15) is 43.2 Å². The van der Waals surface area contributed by atoms with E-state index in [1.165, 1.54) is 30.4 Å². The van der Waals surface area contributed by atoms with Crippen molar-refractivity contribution in [3.05, 3.63) is 35.4 Å². The lowest BCUT2D eigenvalue weighted by atomic mass is 9.86. The van der Waals surface area contributed by atoms with E-state index in [0.717, 1.165) is 19.5 Å². The van der Waals surface area contributed by atoms with Crippen LogP contribution in [0.15, 0.2) is 24.3 Å². The molecule has 1 aromatic rings. The van der Waals surface area contributed by atoms with Gasteiger partial charge in [-0.1, -0.05) is 37.6 Å². The highest BCUT2D eigenvalue weighted by Crippen LogP contribution is 2.24. The topological polar surface area (TPSA) is 38.0 Å². The zero-order valence-corrected chi connectivity index (χ0v) is 10.8. The van der Waals surface area contributed by atoms with Crippen LogP contribution in [-0.2, 0) is 6.42 Å². The predicted molar refractivity (Wildman–Crippen MR) is 73.3 cm³/mol. The van der Waals surface area contributed by atoms with Gasteiger partial charge < -0.3 is 11.1 Å². The quantitative estimate of drug-likeness (QED) is 0.836. The lowest BCUT2D eigenvalue weighted by Gasteiger charge is -2.31. The molecule has 0 aromatic heterocycles. The Morgan fingerprint density at radius 2 is 2.06 bits per heavy atom. The van der Waals surface area contributed by atoms with Crippen molar-refractivity contribution in [2.45, 2.75) is 44.6 Å². The van der Waals surface area contributed by atoms with Gasteiger partial charge in [-0.3, -0.25) is 0 Å². The second kappa shape index (κ2) is 6.18. The highest BCUT2D eigenvalue weighted by atomic mass is 14.9. The van der Waals surface area contributed by atoms with Gasteiger partial charge in [-0.2, -0.15) is 0 Å². The molecule has 1 aliphatic heterocycles. The van der Waals surface area contributed by atoms with Crippen molar-refractivity contribution in [1.82, 2.24) is 5.32 Å². The summed E-state index contributed by atoms with van der Waals surface area (Å²) >= 11 is 0. The molecule has 3 N–H and O–H groups in total. The number of piperidine rings is 1. The fourth-order valence-electron chi connectivity index (χ4n) is 2.76. The maximum absolute atomic E-state index is 5.97. The molecule has 2 rings (SSSR count). The molecule has 2 unspecified atom stereocenters. The highest BCUT2D eigenvalue weighted by molar-refractivity contribution is 5.27. The molecule has 0 bridgehead atoms. The Balaban J connectivity index is 2.10. The molecular formula is C15H24N2. The van der Waals surface area contributed by atoms with Crippen molar-refractivity contribution in [2.24, 2.45) is 5.73 Å². The fourth-order valence-corrected chi connectivity index (χ4v) is 2.76. The van der Waals surface area contributed by atoms with E-state index in [9.17, 15) is 0 Å². The van der Waals surface area contributed by atoms with Crippen LogP contribution in [0.25, 0.3) is 0 Å². The van der Waals surface area contributed by atoms with Crippen LogP contribution >= 0.6 is 0 Å². The summed E-state index contributed by atoms with van der Waals surface area (Å²) < 4.78 is 0. The Labute approximate surface area is 105 Å². The third-order valence-electron chi connectivity index (χ3n) is 3.90. The molecular weight excluding hydrogens is 208 g/mol. The van der Waals surface area contributed by atoms with Gasteiger partial charge >= 0.3 is 0 Å². The molecule has 17 heavy (non-hydrogen) atoms. The van der Waals surface area contributed by atoms with Gasteiger partial charge in [-0.15, -0.1) is 0 Å². The SMILES string of the molecule is CCc1ccc(C(CN)C2CCCCN2)cc1. The van der Waals surface area contributed by atoms with Crippen LogP contribution in [0.3, 0.4) is 0 Å². The van der Waals surface area contributed by atoms with Crippen molar-refractivity contribution in [3.63, 3.8) is 0 Å². The second-order valence-electron chi connectivity index (χ2n) is 4.99. The first-order valence-electron chi connectivity index (χ1n) is 6.87. The van der Waals surface area contributed by atoms with E-state index in [0.29, 0.717) is 12.0 Å². The second-order valence-corrected chi connectivity index (χ2v) is 4.99. The number of hydrogen-bond donors (Lipinski definition) is 2. The van der Waals surface area contributed by atoms with Crippen LogP contribution in [-0.4, -0.2) is 19.1 Å². The normalized spacial score (nSPS) is 22.4. The number of benzene rings is 1. The summed E-state index contributed by atoms with van der Waals surface area (Å²) in [6.45, 7) is 4.08. The van der Waals surface area contributed by atoms with E-state index >= 15 is 0 Å². The van der Waals surface area contributed by atoms with Crippen LogP contribution in [0.4, 0.5) is 0 Å². The molecule has 1 aliphatic rings. The maximum atomic E-state index is 5.97. The molecule has 94 valence electrons. The largest absolute Gasteiger partial charge is 0.330 e. The van der Waals surface area contributed by atoms with Crippen molar-refractivity contribution in [1.29, 1.82) is 0 Å². The average Bonchev–Trinajstić information content (AvgIpc) is 2.42. The summed E-state index contributed by atoms with van der Waals surface area (Å²) in [5, 5.41) is 3.62. The first-order valence-corrected chi connectivity index (χ1v) is 6.87. The summed E-state index contributed by atoms with van der Waals surface area (Å²) in [4.78, 5) is 0. The molecule has 1 heterocycles. The minimum Gasteiger partial charge on any atom is -0.330 e. The van der Waals surface area contributed by atoms with Gasteiger partial charge in [-0.25, -0.2) is 0 Å². The molecule has 0 radical (unpaired) electrons. The van der Waals surface area contributed by atoms with E-state index in [2.05, 4.69) is 36.5 Å². The molecule has 0 aliphatic carbocycles. The van der Waals surface area contributed by atoms with Crippen LogP contribution in [0.5, 0.6) is 0 Å². The van der Waals surface area contributed by atoms with Gasteiger partial charge in [0.25, 0.3) is 0 Å². The Kier molecular flexibility index (Phi) is 4.57. The minimum atomic E-state index is 0.473. The van der Waals surface area contributed by atoms with Gasteiger partial charge in [-0.05, 0) is 36.9 Å². The third kappa shape index (κ3) is 3.08. The van der Waals surface area contributed by atoms with Crippen LogP contribution in [0.2, 0.25) is 0 Å². The summed E-state index contributed by atoms with van der Waals surface area (Å²) in [6.07, 6.45) is 5.01. The summed E-state index contributed by atoms with van der Waals surface area (Å²) in [7, 11) is 0. The number of rotatable bonds is 4. The number of nitrogens with one attached hydrogen (secondary N) is 1. The Hall–Kier alpha value is -0.860. The molecule has 2 nitrogen and oxygen atoms in total. The smallest absolute Gasteiger partial charge is 0.0148 e. The summed E-state index contributed by atoms with van der Waals surface area (Å²) in [5.74, 6) is 0.473. The molecule has 1 fully saturated rings. The molecule has 2 atom stereocenters. The molecule has 1 aromatic carbocycles. The van der Waals surface area contributed by atoms with E-state index in [1.54, 1.807) is 0 Å².